The van der Waals surface area contributed by atoms with Crippen LogP contribution >= 0.6 is 0 Å². The summed E-state index contributed by atoms with van der Waals surface area (Å²) in [5, 5.41) is 8.98. The van der Waals surface area contributed by atoms with E-state index in [1.54, 1.807) is 6.92 Å². The van der Waals surface area contributed by atoms with E-state index in [4.69, 9.17) is 5.11 Å². The van der Waals surface area contributed by atoms with Crippen molar-refractivity contribution in [1.82, 2.24) is 0 Å². The number of rotatable bonds is 5. The average Bonchev–Trinajstić information content (AvgIpc) is 1.84. The molecule has 0 amide bonds. The molecule has 0 aliphatic heterocycles. The van der Waals surface area contributed by atoms with Crippen molar-refractivity contribution in [3.8, 4) is 0 Å². The summed E-state index contributed by atoms with van der Waals surface area (Å²) in [7, 11) is 0. The quantitative estimate of drug-likeness (QED) is 0.392. The van der Waals surface area contributed by atoms with E-state index < -0.39 is 5.97 Å². The molecule has 0 aliphatic carbocycles. The van der Waals surface area contributed by atoms with E-state index in [9.17, 15) is 0 Å². The van der Waals surface area contributed by atoms with Crippen LogP contribution in [0, 0.1) is 0 Å². The molecule has 0 heterocycles. The predicted molar refractivity (Wildman–Crippen MR) is 34.0 cm³/mol. The zero-order valence-corrected chi connectivity index (χ0v) is 12.0. The van der Waals surface area contributed by atoms with Gasteiger partial charge in [0.2, 0.25) is 0 Å². The van der Waals surface area contributed by atoms with Crippen molar-refractivity contribution in [3.05, 3.63) is 0 Å². The van der Waals surface area contributed by atoms with Crippen LogP contribution in [-0.2, 0) is 17.7 Å². The van der Waals surface area contributed by atoms with Gasteiger partial charge in [-0.05, 0) is 0 Å². The Morgan fingerprint density at radius 1 is 1.50 bits per heavy atom. The molecule has 60 valence electrons. The fourth-order valence-corrected chi connectivity index (χ4v) is 1.22. The zero-order valence-electron chi connectivity index (χ0n) is 6.29. The van der Waals surface area contributed by atoms with Gasteiger partial charge in [0.25, 0.3) is 0 Å². The third kappa shape index (κ3) is 5.45. The Hall–Kier alpha value is 0.670. The molecule has 0 radical (unpaired) electrons. The first-order valence-corrected chi connectivity index (χ1v) is 5.20. The minimum atomic E-state index is -1.79. The standard InChI is InChI=1S/C4H10O5.In.2H/c1-3-7-9-4(2,5)8-6;;;/h5-6H,3H2,1-2H3;;;/q;+1;;/p-1. The predicted octanol–water partition coefficient (Wildman–Crippen LogP) is -0.883. The summed E-state index contributed by atoms with van der Waals surface area (Å²) in [4.78, 5) is 13.1. The second-order valence-corrected chi connectivity index (χ2v) is 2.59. The summed E-state index contributed by atoms with van der Waals surface area (Å²) in [6.45, 7) is 3.34. The van der Waals surface area contributed by atoms with Crippen LogP contribution in [0.3, 0.4) is 0 Å². The van der Waals surface area contributed by atoms with E-state index in [1.165, 1.54) is 6.92 Å². The molecule has 1 atom stereocenters. The van der Waals surface area contributed by atoms with Gasteiger partial charge in [0.15, 0.2) is 0 Å². The zero-order chi connectivity index (χ0) is 8.04. The second kappa shape index (κ2) is 5.34. The van der Waals surface area contributed by atoms with E-state index in [2.05, 4.69) is 17.7 Å². The molecule has 0 aromatic rings. The monoisotopic (exact) mass is 254 g/mol. The summed E-state index contributed by atoms with van der Waals surface area (Å²) in [5.41, 5.74) is 0. The van der Waals surface area contributed by atoms with Crippen LogP contribution in [0.25, 0.3) is 0 Å². The van der Waals surface area contributed by atoms with Gasteiger partial charge in [-0.2, -0.15) is 0 Å². The van der Waals surface area contributed by atoms with E-state index in [-0.39, 0.29) is 24.8 Å². The number of aliphatic hydroxyl groups is 1. The molecule has 5 nitrogen and oxygen atoms in total. The van der Waals surface area contributed by atoms with E-state index in [0.29, 0.717) is 6.61 Å². The Labute approximate surface area is 74.2 Å². The second-order valence-electron chi connectivity index (χ2n) is 1.64. The number of hydrogen-bond acceptors (Lipinski definition) is 5. The van der Waals surface area contributed by atoms with Crippen molar-refractivity contribution in [2.24, 2.45) is 0 Å². The molecule has 0 spiro atoms. The van der Waals surface area contributed by atoms with Gasteiger partial charge in [-0.25, -0.2) is 0 Å². The van der Waals surface area contributed by atoms with Gasteiger partial charge in [-0.1, -0.05) is 0 Å². The van der Waals surface area contributed by atoms with Gasteiger partial charge in [0, 0.05) is 0 Å². The Balaban J connectivity index is 3.42. The van der Waals surface area contributed by atoms with Gasteiger partial charge >= 0.3 is 74.0 Å². The van der Waals surface area contributed by atoms with Crippen LogP contribution in [0.15, 0.2) is 0 Å². The topological polar surface area (TPSA) is 57.2 Å². The van der Waals surface area contributed by atoms with E-state index in [1.807, 2.05) is 0 Å². The van der Waals surface area contributed by atoms with Crippen molar-refractivity contribution in [2.45, 2.75) is 19.8 Å². The molecule has 0 aliphatic rings. The molecule has 1 unspecified atom stereocenters. The summed E-state index contributed by atoms with van der Waals surface area (Å²) in [6, 6.07) is 0. The maximum absolute atomic E-state index is 8.98. The molecule has 0 rings (SSSR count). The van der Waals surface area contributed by atoms with Crippen LogP contribution in [0.2, 0.25) is 0 Å². The molecular weight excluding hydrogens is 243 g/mol. The molecule has 0 fully saturated rings. The molecule has 6 heteroatoms. The number of hydrogen-bond donors (Lipinski definition) is 1. The Bertz CT molecular complexity index is 85.7. The Morgan fingerprint density at radius 3 is 2.50 bits per heavy atom. The van der Waals surface area contributed by atoms with Crippen LogP contribution in [-0.4, -0.2) is 42.5 Å². The summed E-state index contributed by atoms with van der Waals surface area (Å²) >= 11 is -0.0965. The Morgan fingerprint density at radius 2 is 2.10 bits per heavy atom. The fraction of sp³-hybridized carbons (Fsp3) is 1.00. The fourth-order valence-electron chi connectivity index (χ4n) is 0.337. The SMILES string of the molecule is CCOOC(C)(O)O[O][InH2]. The van der Waals surface area contributed by atoms with Crippen molar-refractivity contribution >= 4 is 24.8 Å². The average molecular weight is 254 g/mol. The van der Waals surface area contributed by atoms with E-state index >= 15 is 0 Å². The summed E-state index contributed by atoms with van der Waals surface area (Å²) in [5.74, 6) is -1.79. The van der Waals surface area contributed by atoms with Crippen LogP contribution in [0.5, 0.6) is 0 Å². The molecule has 0 saturated carbocycles. The molecule has 0 saturated heterocycles. The van der Waals surface area contributed by atoms with Gasteiger partial charge in [-0.3, -0.25) is 0 Å². The van der Waals surface area contributed by atoms with Gasteiger partial charge < -0.3 is 0 Å². The summed E-state index contributed by atoms with van der Waals surface area (Å²) in [6.07, 6.45) is 0. The minimum absolute atomic E-state index is 0.0965. The first-order valence-electron chi connectivity index (χ1n) is 2.87. The van der Waals surface area contributed by atoms with Gasteiger partial charge in [0.1, 0.15) is 0 Å². The first-order chi connectivity index (χ1) is 4.62. The van der Waals surface area contributed by atoms with Crippen molar-refractivity contribution in [1.29, 1.82) is 0 Å². The van der Waals surface area contributed by atoms with Gasteiger partial charge in [-0.15, -0.1) is 0 Å². The molecule has 0 bridgehead atoms. The third-order valence-electron chi connectivity index (χ3n) is 0.569. The van der Waals surface area contributed by atoms with Gasteiger partial charge in [0.05, 0.1) is 0 Å². The molecule has 1 N–H and O–H groups in total. The van der Waals surface area contributed by atoms with Crippen LogP contribution in [0.1, 0.15) is 13.8 Å². The first kappa shape index (κ1) is 10.7. The van der Waals surface area contributed by atoms with Crippen molar-refractivity contribution in [3.63, 3.8) is 0 Å². The molecule has 0 aromatic heterocycles. The summed E-state index contributed by atoms with van der Waals surface area (Å²) < 4.78 is 4.36. The normalized spacial score (nSPS) is 16.7. The third-order valence-corrected chi connectivity index (χ3v) is 1.05. The van der Waals surface area contributed by atoms with Crippen molar-refractivity contribution in [2.75, 3.05) is 6.61 Å². The van der Waals surface area contributed by atoms with Crippen LogP contribution in [0.4, 0.5) is 0 Å². The molecule has 10 heavy (non-hydrogen) atoms. The maximum atomic E-state index is 8.98. The van der Waals surface area contributed by atoms with E-state index in [0.717, 1.165) is 0 Å². The molecule has 0 aromatic carbocycles. The van der Waals surface area contributed by atoms with Crippen molar-refractivity contribution < 1.29 is 22.8 Å². The van der Waals surface area contributed by atoms with Crippen LogP contribution < -0.4 is 0 Å². The Kier molecular flexibility index (Phi) is 5.70. The molecular formula is C4H11InO5.